The largest absolute Gasteiger partial charge is 0.391 e. The molecule has 3 amide bonds. The number of Topliss-reactive ketones (excluding diaryl/α,β-unsaturated/α-hetero) is 1. The summed E-state index contributed by atoms with van der Waals surface area (Å²) in [5.74, 6) is -3.06. The summed E-state index contributed by atoms with van der Waals surface area (Å²) < 4.78 is 0. The first-order chi connectivity index (χ1) is 12.0. The highest BCUT2D eigenvalue weighted by Gasteiger charge is 2.30. The molecule has 4 atom stereocenters. The standard InChI is InChI=1S/C15H26N6O5/c1-7(2)4-11(15(26)21-12(8(3)22)13(17)24)20-14(25)10(16)5-9(23)6-19-18/h6-8,10-12,22H,4-5,16H2,1-3H3,(H2,17,24)(H,20,25)(H,21,26)/t8-,10+,11+,12+/m1/s1. The number of amides is 3. The molecular weight excluding hydrogens is 344 g/mol. The van der Waals surface area contributed by atoms with Crippen molar-refractivity contribution in [3.05, 3.63) is 5.53 Å². The molecule has 0 saturated carbocycles. The Bertz CT molecular complexity index is 585. The highest BCUT2D eigenvalue weighted by Crippen LogP contribution is 2.07. The Morgan fingerprint density at radius 3 is 2.15 bits per heavy atom. The average Bonchev–Trinajstić information content (AvgIpc) is 2.50. The molecule has 0 aliphatic rings. The lowest BCUT2D eigenvalue weighted by molar-refractivity contribution is -0.133. The minimum atomic E-state index is -1.31. The van der Waals surface area contributed by atoms with Gasteiger partial charge >= 0.3 is 6.21 Å². The van der Waals surface area contributed by atoms with Gasteiger partial charge in [-0.25, -0.2) is 0 Å². The summed E-state index contributed by atoms with van der Waals surface area (Å²) >= 11 is 0. The highest BCUT2D eigenvalue weighted by atomic mass is 16.3. The van der Waals surface area contributed by atoms with Crippen molar-refractivity contribution in [3.63, 3.8) is 0 Å². The van der Waals surface area contributed by atoms with Crippen LogP contribution in [0.5, 0.6) is 0 Å². The lowest BCUT2D eigenvalue weighted by atomic mass is 10.0. The number of hydrogen-bond acceptors (Lipinski definition) is 6. The Balaban J connectivity index is 5.10. The summed E-state index contributed by atoms with van der Waals surface area (Å²) in [4.78, 5) is 49.7. The van der Waals surface area contributed by atoms with Gasteiger partial charge in [0.15, 0.2) is 0 Å². The molecule has 0 radical (unpaired) electrons. The first-order valence-electron chi connectivity index (χ1n) is 8.03. The van der Waals surface area contributed by atoms with E-state index in [0.29, 0.717) is 6.21 Å². The minimum absolute atomic E-state index is 0.00371. The van der Waals surface area contributed by atoms with Crippen molar-refractivity contribution in [2.24, 2.45) is 17.4 Å². The number of carbonyl (C=O) groups excluding carboxylic acids is 4. The minimum Gasteiger partial charge on any atom is -0.391 e. The lowest BCUT2D eigenvalue weighted by Crippen LogP contribution is -2.58. The van der Waals surface area contributed by atoms with Crippen LogP contribution < -0.4 is 22.1 Å². The monoisotopic (exact) mass is 370 g/mol. The van der Waals surface area contributed by atoms with Crippen LogP contribution >= 0.6 is 0 Å². The Morgan fingerprint density at radius 2 is 1.73 bits per heavy atom. The molecule has 7 N–H and O–H groups in total. The Kier molecular flexibility index (Phi) is 9.97. The molecular formula is C15H26N6O5. The van der Waals surface area contributed by atoms with Crippen molar-refractivity contribution in [2.75, 3.05) is 0 Å². The number of primary amides is 1. The van der Waals surface area contributed by atoms with Crippen molar-refractivity contribution < 1.29 is 29.1 Å². The van der Waals surface area contributed by atoms with Gasteiger partial charge < -0.3 is 32.7 Å². The summed E-state index contributed by atoms with van der Waals surface area (Å²) in [6, 6.07) is -3.62. The van der Waals surface area contributed by atoms with Gasteiger partial charge in [0.05, 0.1) is 12.1 Å². The van der Waals surface area contributed by atoms with Crippen molar-refractivity contribution in [3.8, 4) is 0 Å². The first kappa shape index (κ1) is 23.4. The van der Waals surface area contributed by atoms with Gasteiger partial charge in [-0.1, -0.05) is 13.8 Å². The summed E-state index contributed by atoms with van der Waals surface area (Å²) in [5, 5.41) is 14.2. The fraction of sp³-hybridized carbons (Fsp3) is 0.667. The average molecular weight is 370 g/mol. The molecule has 0 saturated heterocycles. The number of aliphatic hydroxyl groups excluding tert-OH is 1. The molecule has 0 heterocycles. The van der Waals surface area contributed by atoms with Crippen LogP contribution in [-0.2, 0) is 19.2 Å². The number of ketones is 1. The maximum absolute atomic E-state index is 12.4. The van der Waals surface area contributed by atoms with E-state index in [-0.39, 0.29) is 12.3 Å². The summed E-state index contributed by atoms with van der Waals surface area (Å²) in [6.07, 6.45) is -0.791. The van der Waals surface area contributed by atoms with Gasteiger partial charge in [0.2, 0.25) is 23.5 Å². The maximum Gasteiger partial charge on any atom is 0.323 e. The van der Waals surface area contributed by atoms with E-state index in [1.54, 1.807) is 0 Å². The molecule has 146 valence electrons. The van der Waals surface area contributed by atoms with Crippen LogP contribution in [0, 0.1) is 5.92 Å². The van der Waals surface area contributed by atoms with E-state index < -0.39 is 54.2 Å². The molecule has 0 fully saturated rings. The number of aliphatic hydroxyl groups is 1. The fourth-order valence-electron chi connectivity index (χ4n) is 2.09. The number of nitrogens with one attached hydrogen (secondary N) is 2. The molecule has 0 aliphatic carbocycles. The molecule has 0 aliphatic heterocycles. The fourth-order valence-corrected chi connectivity index (χ4v) is 2.09. The number of rotatable bonds is 11. The SMILES string of the molecule is CC(C)C[C@H](NC(=O)[C@@H](N)CC(=O)C=[N+]=[N-])C(=O)N[C@H](C(N)=O)[C@@H](C)O. The molecule has 0 aromatic carbocycles. The summed E-state index contributed by atoms with van der Waals surface area (Å²) in [7, 11) is 0. The molecule has 26 heavy (non-hydrogen) atoms. The van der Waals surface area contributed by atoms with Crippen LogP contribution in [0.25, 0.3) is 5.53 Å². The third kappa shape index (κ3) is 8.47. The Labute approximate surface area is 151 Å². The molecule has 0 unspecified atom stereocenters. The lowest BCUT2D eigenvalue weighted by Gasteiger charge is -2.25. The Hall–Kier alpha value is -2.62. The second-order valence-corrected chi connectivity index (χ2v) is 6.34. The normalized spacial score (nSPS) is 15.2. The molecule has 0 aromatic heterocycles. The maximum atomic E-state index is 12.4. The number of hydrogen-bond donors (Lipinski definition) is 5. The first-order valence-corrected chi connectivity index (χ1v) is 8.03. The number of nitrogens with two attached hydrogens (primary N) is 2. The molecule has 11 nitrogen and oxygen atoms in total. The van der Waals surface area contributed by atoms with E-state index in [1.165, 1.54) is 6.92 Å². The van der Waals surface area contributed by atoms with Crippen LogP contribution in [0.1, 0.15) is 33.6 Å². The zero-order chi connectivity index (χ0) is 20.4. The van der Waals surface area contributed by atoms with E-state index >= 15 is 0 Å². The molecule has 0 aromatic rings. The van der Waals surface area contributed by atoms with Crippen LogP contribution in [0.2, 0.25) is 0 Å². The van der Waals surface area contributed by atoms with Gasteiger partial charge in [-0.05, 0) is 19.3 Å². The van der Waals surface area contributed by atoms with Crippen molar-refractivity contribution in [1.29, 1.82) is 0 Å². The predicted octanol–water partition coefficient (Wildman–Crippen LogP) is -2.54. The van der Waals surface area contributed by atoms with Crippen molar-refractivity contribution >= 4 is 29.7 Å². The summed E-state index contributed by atoms with van der Waals surface area (Å²) in [5.41, 5.74) is 19.0. The number of carbonyl (C=O) groups is 4. The van der Waals surface area contributed by atoms with Crippen molar-refractivity contribution in [2.45, 2.75) is 57.8 Å². The predicted molar refractivity (Wildman–Crippen MR) is 91.5 cm³/mol. The second-order valence-electron chi connectivity index (χ2n) is 6.34. The van der Waals surface area contributed by atoms with E-state index in [4.69, 9.17) is 17.0 Å². The third-order valence-electron chi connectivity index (χ3n) is 3.39. The molecule has 11 heteroatoms. The van der Waals surface area contributed by atoms with E-state index in [9.17, 15) is 24.3 Å². The van der Waals surface area contributed by atoms with E-state index in [1.807, 2.05) is 13.8 Å². The van der Waals surface area contributed by atoms with Crippen LogP contribution in [-0.4, -0.2) is 63.8 Å². The zero-order valence-electron chi connectivity index (χ0n) is 15.0. The summed E-state index contributed by atoms with van der Waals surface area (Å²) in [6.45, 7) is 4.91. The quantitative estimate of drug-likeness (QED) is 0.150. The Morgan fingerprint density at radius 1 is 1.15 bits per heavy atom. The van der Waals surface area contributed by atoms with Crippen molar-refractivity contribution in [1.82, 2.24) is 10.6 Å². The molecule has 0 rings (SSSR count). The van der Waals surface area contributed by atoms with Crippen LogP contribution in [0.4, 0.5) is 0 Å². The van der Waals surface area contributed by atoms with E-state index in [2.05, 4.69) is 15.4 Å². The van der Waals surface area contributed by atoms with Gasteiger partial charge in [0.1, 0.15) is 12.1 Å². The smallest absolute Gasteiger partial charge is 0.323 e. The zero-order valence-corrected chi connectivity index (χ0v) is 15.0. The topological polar surface area (TPSA) is 201 Å². The highest BCUT2D eigenvalue weighted by molar-refractivity contribution is 6.26. The van der Waals surface area contributed by atoms with Gasteiger partial charge in [0, 0.05) is 6.42 Å². The van der Waals surface area contributed by atoms with Gasteiger partial charge in [-0.2, -0.15) is 4.79 Å². The van der Waals surface area contributed by atoms with E-state index in [0.717, 1.165) is 0 Å². The van der Waals surface area contributed by atoms with Crippen LogP contribution in [0.15, 0.2) is 0 Å². The third-order valence-corrected chi connectivity index (χ3v) is 3.39. The van der Waals surface area contributed by atoms with Crippen LogP contribution in [0.3, 0.4) is 0 Å². The molecule has 0 bridgehead atoms. The number of nitrogens with zero attached hydrogens (tertiary/aromatic N) is 2. The van der Waals surface area contributed by atoms with Gasteiger partial charge in [-0.3, -0.25) is 19.2 Å². The second kappa shape index (κ2) is 11.1. The van der Waals surface area contributed by atoms with Gasteiger partial charge in [0.25, 0.3) is 0 Å². The molecule has 0 spiro atoms. The van der Waals surface area contributed by atoms with Gasteiger partial charge in [-0.15, -0.1) is 0 Å².